The second kappa shape index (κ2) is 9.08. The predicted octanol–water partition coefficient (Wildman–Crippen LogP) is 2.61. The number of aryl methyl sites for hydroxylation is 3. The van der Waals surface area contributed by atoms with Gasteiger partial charge in [-0.2, -0.15) is 0 Å². The molecule has 0 unspecified atom stereocenters. The molecule has 0 spiro atoms. The molecule has 3 aliphatic rings. The Morgan fingerprint density at radius 1 is 0.970 bits per heavy atom. The summed E-state index contributed by atoms with van der Waals surface area (Å²) < 4.78 is 0. The van der Waals surface area contributed by atoms with Crippen LogP contribution in [-0.4, -0.2) is 62.7 Å². The van der Waals surface area contributed by atoms with Gasteiger partial charge >= 0.3 is 0 Å². The molecular weight excluding hydrogens is 418 g/mol. The fraction of sp³-hybridized carbons (Fsp3) is 0.560. The Labute approximate surface area is 193 Å². The van der Waals surface area contributed by atoms with Crippen LogP contribution < -0.4 is 5.56 Å². The molecule has 0 saturated carbocycles. The number of H-pyrrole nitrogens is 1. The van der Waals surface area contributed by atoms with Crippen LogP contribution in [0.25, 0.3) is 0 Å². The fourth-order valence-corrected chi connectivity index (χ4v) is 5.36. The number of likely N-dealkylation sites (tertiary alicyclic amines) is 2. The van der Waals surface area contributed by atoms with E-state index in [2.05, 4.69) is 15.0 Å². The zero-order chi connectivity index (χ0) is 22.9. The number of aromatic nitrogens is 3. The summed E-state index contributed by atoms with van der Waals surface area (Å²) in [5, 5.41) is 0. The summed E-state index contributed by atoms with van der Waals surface area (Å²) in [5.41, 5.74) is 3.26. The summed E-state index contributed by atoms with van der Waals surface area (Å²) in [5.74, 6) is 0.451. The Morgan fingerprint density at radius 2 is 1.70 bits per heavy atom. The lowest BCUT2D eigenvalue weighted by atomic mass is 9.94. The zero-order valence-electron chi connectivity index (χ0n) is 19.2. The molecule has 2 saturated heterocycles. The summed E-state index contributed by atoms with van der Waals surface area (Å²) in [4.78, 5) is 54.4. The summed E-state index contributed by atoms with van der Waals surface area (Å²) in [6, 6.07) is 1.80. The van der Waals surface area contributed by atoms with Gasteiger partial charge in [-0.1, -0.05) is 0 Å². The predicted molar refractivity (Wildman–Crippen MR) is 123 cm³/mol. The second-order valence-corrected chi connectivity index (χ2v) is 9.54. The number of amides is 2. The molecular formula is C25H31N5O3. The Hall–Kier alpha value is -3.03. The van der Waals surface area contributed by atoms with Crippen LogP contribution in [0, 0.1) is 6.92 Å². The molecule has 8 heteroatoms. The van der Waals surface area contributed by atoms with E-state index in [9.17, 15) is 14.4 Å². The number of nitrogens with zero attached hydrogens (tertiary/aromatic N) is 4. The minimum absolute atomic E-state index is 0.00336. The van der Waals surface area contributed by atoms with Gasteiger partial charge in [0, 0.05) is 44.0 Å². The minimum Gasteiger partial charge on any atom is -0.339 e. The molecule has 2 aromatic rings. The topological polar surface area (TPSA) is 99.3 Å². The van der Waals surface area contributed by atoms with Crippen LogP contribution in [0.1, 0.15) is 87.9 Å². The van der Waals surface area contributed by atoms with Gasteiger partial charge in [0.05, 0.1) is 11.3 Å². The largest absolute Gasteiger partial charge is 0.339 e. The first-order chi connectivity index (χ1) is 16.0. The molecule has 1 atom stereocenters. The highest BCUT2D eigenvalue weighted by Gasteiger charge is 2.30. The number of carbonyl (C=O) groups excluding carboxylic acids is 2. The van der Waals surface area contributed by atoms with Crippen LogP contribution in [-0.2, 0) is 12.8 Å². The molecule has 2 fully saturated rings. The number of nitrogens with one attached hydrogen (secondary N) is 1. The van der Waals surface area contributed by atoms with Crippen molar-refractivity contribution in [2.45, 2.75) is 64.2 Å². The van der Waals surface area contributed by atoms with Crippen LogP contribution in [0.4, 0.5) is 0 Å². The third-order valence-corrected chi connectivity index (χ3v) is 7.26. The Kier molecular flexibility index (Phi) is 6.00. The number of fused-ring (bicyclic) bond motifs is 1. The highest BCUT2D eigenvalue weighted by molar-refractivity contribution is 5.95. The van der Waals surface area contributed by atoms with Crippen LogP contribution >= 0.6 is 0 Å². The zero-order valence-corrected chi connectivity index (χ0v) is 19.2. The van der Waals surface area contributed by atoms with Gasteiger partial charge in [0.2, 0.25) is 0 Å². The first-order valence-electron chi connectivity index (χ1n) is 12.2. The highest BCUT2D eigenvalue weighted by Crippen LogP contribution is 2.27. The van der Waals surface area contributed by atoms with E-state index < -0.39 is 0 Å². The molecule has 5 rings (SSSR count). The minimum atomic E-state index is -0.292. The quantitative estimate of drug-likeness (QED) is 0.777. The normalized spacial score (nSPS) is 20.6. The number of carbonyl (C=O) groups is 2. The number of rotatable bonds is 3. The summed E-state index contributed by atoms with van der Waals surface area (Å²) in [6.07, 6.45) is 9.39. The molecule has 33 heavy (non-hydrogen) atoms. The van der Waals surface area contributed by atoms with Crippen molar-refractivity contribution >= 4 is 11.8 Å². The van der Waals surface area contributed by atoms with E-state index in [1.807, 2.05) is 11.8 Å². The average Bonchev–Trinajstić information content (AvgIpc) is 3.38. The second-order valence-electron chi connectivity index (χ2n) is 9.54. The lowest BCUT2D eigenvalue weighted by Gasteiger charge is -2.32. The highest BCUT2D eigenvalue weighted by atomic mass is 16.2. The number of pyridine rings is 1. The van der Waals surface area contributed by atoms with Crippen LogP contribution in [0.2, 0.25) is 0 Å². The first kappa shape index (κ1) is 21.8. The van der Waals surface area contributed by atoms with Gasteiger partial charge < -0.3 is 14.8 Å². The fourth-order valence-electron chi connectivity index (χ4n) is 5.36. The molecule has 1 aliphatic carbocycles. The van der Waals surface area contributed by atoms with E-state index in [0.29, 0.717) is 30.2 Å². The van der Waals surface area contributed by atoms with Crippen molar-refractivity contribution < 1.29 is 9.59 Å². The maximum Gasteiger partial charge on any atom is 0.261 e. The molecule has 2 amide bonds. The maximum absolute atomic E-state index is 13.3. The van der Waals surface area contributed by atoms with Gasteiger partial charge in [0.25, 0.3) is 17.4 Å². The number of piperidine rings is 1. The molecule has 2 aliphatic heterocycles. The number of aromatic amines is 1. The smallest absolute Gasteiger partial charge is 0.261 e. The molecule has 0 radical (unpaired) electrons. The first-order valence-corrected chi connectivity index (χ1v) is 12.2. The van der Waals surface area contributed by atoms with Gasteiger partial charge in [0.15, 0.2) is 0 Å². The average molecular weight is 450 g/mol. The van der Waals surface area contributed by atoms with Crippen LogP contribution in [0.15, 0.2) is 17.1 Å². The third kappa shape index (κ3) is 4.30. The Balaban J connectivity index is 1.33. The van der Waals surface area contributed by atoms with Gasteiger partial charge in [-0.3, -0.25) is 14.4 Å². The van der Waals surface area contributed by atoms with Crippen molar-refractivity contribution in [3.05, 3.63) is 56.5 Å². The molecule has 174 valence electrons. The summed E-state index contributed by atoms with van der Waals surface area (Å²) >= 11 is 0. The number of hydrogen-bond donors (Lipinski definition) is 1. The molecule has 8 nitrogen and oxygen atoms in total. The Bertz CT molecular complexity index is 1140. The Morgan fingerprint density at radius 3 is 2.48 bits per heavy atom. The molecule has 0 bridgehead atoms. The monoisotopic (exact) mass is 449 g/mol. The lowest BCUT2D eigenvalue weighted by Crippen LogP contribution is -2.42. The maximum atomic E-state index is 13.3. The molecule has 2 aromatic heterocycles. The van der Waals surface area contributed by atoms with Crippen LogP contribution in [0.5, 0.6) is 0 Å². The van der Waals surface area contributed by atoms with E-state index in [0.717, 1.165) is 75.7 Å². The van der Waals surface area contributed by atoms with Gasteiger partial charge in [-0.05, 0) is 69.9 Å². The van der Waals surface area contributed by atoms with E-state index >= 15 is 0 Å². The van der Waals surface area contributed by atoms with E-state index in [-0.39, 0.29) is 28.9 Å². The molecule has 0 aromatic carbocycles. The van der Waals surface area contributed by atoms with Gasteiger partial charge in [-0.15, -0.1) is 0 Å². The van der Waals surface area contributed by atoms with E-state index in [1.165, 1.54) is 0 Å². The standard InChI is InChI=1S/C25H31N5O3/c1-16-20(25(33)29-10-4-5-11-29)14-26-22(27-16)18-8-6-12-30(15-18)24(32)19-13-17-7-2-3-9-21(17)28-23(19)31/h13-14,18H,2-12,15H2,1H3,(H,28,31)/t18-/m0/s1. The van der Waals surface area contributed by atoms with Crippen molar-refractivity contribution in [3.8, 4) is 0 Å². The van der Waals surface area contributed by atoms with Crippen LogP contribution in [0.3, 0.4) is 0 Å². The SMILES string of the molecule is Cc1nc([C@H]2CCCN(C(=O)c3cc4c([nH]c3=O)CCCC4)C2)ncc1C(=O)N1CCCC1. The lowest BCUT2D eigenvalue weighted by molar-refractivity contribution is 0.0702. The van der Waals surface area contributed by atoms with Crippen molar-refractivity contribution in [3.63, 3.8) is 0 Å². The van der Waals surface area contributed by atoms with Gasteiger partial charge in [-0.25, -0.2) is 9.97 Å². The summed E-state index contributed by atoms with van der Waals surface area (Å²) in [6.45, 7) is 4.54. The van der Waals surface area contributed by atoms with E-state index in [1.54, 1.807) is 17.2 Å². The van der Waals surface area contributed by atoms with Crippen molar-refractivity contribution in [2.75, 3.05) is 26.2 Å². The van der Waals surface area contributed by atoms with E-state index in [4.69, 9.17) is 0 Å². The molecule has 4 heterocycles. The molecule has 1 N–H and O–H groups in total. The number of hydrogen-bond acceptors (Lipinski definition) is 5. The van der Waals surface area contributed by atoms with Crippen molar-refractivity contribution in [2.24, 2.45) is 0 Å². The van der Waals surface area contributed by atoms with Crippen molar-refractivity contribution in [1.29, 1.82) is 0 Å². The third-order valence-electron chi connectivity index (χ3n) is 7.26. The van der Waals surface area contributed by atoms with Gasteiger partial charge in [0.1, 0.15) is 11.4 Å². The van der Waals surface area contributed by atoms with Crippen molar-refractivity contribution in [1.82, 2.24) is 24.8 Å². The summed E-state index contributed by atoms with van der Waals surface area (Å²) in [7, 11) is 0.